The highest BCUT2D eigenvalue weighted by Crippen LogP contribution is 2.44. The number of hydrogen-bond donors (Lipinski definition) is 0. The van der Waals surface area contributed by atoms with Crippen LogP contribution < -0.4 is 0 Å². The van der Waals surface area contributed by atoms with Crippen LogP contribution in [0.5, 0.6) is 0 Å². The summed E-state index contributed by atoms with van der Waals surface area (Å²) in [5.41, 5.74) is -1.55. The molecule has 1 heterocycles. The van der Waals surface area contributed by atoms with E-state index in [0.717, 1.165) is 7.11 Å². The Bertz CT molecular complexity index is 462. The van der Waals surface area contributed by atoms with Gasteiger partial charge in [-0.1, -0.05) is 0 Å². The molecule has 0 atom stereocenters. The Hall–Kier alpha value is -1.44. The molecule has 1 aliphatic rings. The fraction of sp³-hybridized carbons (Fsp3) is 0.400. The number of alkyl halides is 3. The summed E-state index contributed by atoms with van der Waals surface area (Å²) in [6.07, 6.45) is -4.91. The number of halogens is 3. The standard InChI is InChI=1S/C10H9F3O4S/c1-4(14)7-5(2)17-9(18-7)6(8(15)16-3)10(11,12)13/h1-3H3/b9-6-. The molecule has 0 aliphatic carbocycles. The van der Waals surface area contributed by atoms with Crippen molar-refractivity contribution >= 4 is 23.5 Å². The largest absolute Gasteiger partial charge is 0.465 e. The first-order valence-electron chi connectivity index (χ1n) is 4.65. The van der Waals surface area contributed by atoms with Gasteiger partial charge in [-0.05, 0) is 25.6 Å². The second-order valence-electron chi connectivity index (χ2n) is 3.30. The predicted octanol–water partition coefficient (Wildman–Crippen LogP) is 2.52. The number of thioether (sulfide) groups is 1. The Morgan fingerprint density at radius 1 is 1.33 bits per heavy atom. The lowest BCUT2D eigenvalue weighted by molar-refractivity contribution is -0.148. The maximum Gasteiger partial charge on any atom is 0.427 e. The summed E-state index contributed by atoms with van der Waals surface area (Å²) < 4.78 is 47.0. The highest BCUT2D eigenvalue weighted by atomic mass is 32.2. The van der Waals surface area contributed by atoms with Crippen molar-refractivity contribution < 1.29 is 32.2 Å². The van der Waals surface area contributed by atoms with Gasteiger partial charge in [-0.25, -0.2) is 4.79 Å². The lowest BCUT2D eigenvalue weighted by Crippen LogP contribution is -2.23. The molecule has 0 aromatic rings. The van der Waals surface area contributed by atoms with Crippen molar-refractivity contribution in [3.05, 3.63) is 21.3 Å². The number of esters is 1. The van der Waals surface area contributed by atoms with Gasteiger partial charge >= 0.3 is 12.1 Å². The van der Waals surface area contributed by atoms with Crippen molar-refractivity contribution in [3.63, 3.8) is 0 Å². The number of ketones is 1. The van der Waals surface area contributed by atoms with Crippen molar-refractivity contribution in [2.45, 2.75) is 20.0 Å². The zero-order valence-corrected chi connectivity index (χ0v) is 10.5. The van der Waals surface area contributed by atoms with Gasteiger partial charge in [0.15, 0.2) is 16.4 Å². The number of carbonyl (C=O) groups is 2. The predicted molar refractivity (Wildman–Crippen MR) is 57.2 cm³/mol. The Kier molecular flexibility index (Phi) is 4.10. The molecule has 0 fully saturated rings. The van der Waals surface area contributed by atoms with E-state index in [1.165, 1.54) is 13.8 Å². The molecule has 100 valence electrons. The first kappa shape index (κ1) is 14.6. The smallest absolute Gasteiger partial charge is 0.427 e. The summed E-state index contributed by atoms with van der Waals surface area (Å²) in [6.45, 7) is 2.55. The van der Waals surface area contributed by atoms with Crippen LogP contribution in [0, 0.1) is 0 Å². The normalized spacial score (nSPS) is 18.6. The Morgan fingerprint density at radius 3 is 2.22 bits per heavy atom. The molecule has 1 aliphatic heterocycles. The fourth-order valence-corrected chi connectivity index (χ4v) is 2.19. The van der Waals surface area contributed by atoms with Crippen LogP contribution in [-0.2, 0) is 19.1 Å². The van der Waals surface area contributed by atoms with Gasteiger partial charge in [0.05, 0.1) is 12.0 Å². The number of allylic oxidation sites excluding steroid dienone is 2. The van der Waals surface area contributed by atoms with Crippen LogP contribution in [-0.4, -0.2) is 25.0 Å². The molecule has 0 saturated heterocycles. The molecular weight excluding hydrogens is 273 g/mol. The first-order chi connectivity index (χ1) is 8.18. The quantitative estimate of drug-likeness (QED) is 0.575. The molecule has 0 unspecified atom stereocenters. The molecule has 0 saturated carbocycles. The first-order valence-corrected chi connectivity index (χ1v) is 5.47. The Morgan fingerprint density at radius 2 is 1.89 bits per heavy atom. The second kappa shape index (κ2) is 5.05. The number of rotatable bonds is 2. The third kappa shape index (κ3) is 2.87. The highest BCUT2D eigenvalue weighted by Gasteiger charge is 2.45. The Balaban J connectivity index is 3.21. The summed E-state index contributed by atoms with van der Waals surface area (Å²) in [4.78, 5) is 22.3. The minimum absolute atomic E-state index is 0.0353. The molecule has 18 heavy (non-hydrogen) atoms. The number of hydrogen-bond acceptors (Lipinski definition) is 5. The van der Waals surface area contributed by atoms with Gasteiger partial charge in [-0.2, -0.15) is 13.2 Å². The molecule has 0 amide bonds. The van der Waals surface area contributed by atoms with E-state index in [-0.39, 0.29) is 10.7 Å². The van der Waals surface area contributed by atoms with Crippen LogP contribution in [0.1, 0.15) is 13.8 Å². The van der Waals surface area contributed by atoms with Crippen LogP contribution in [0.15, 0.2) is 21.3 Å². The van der Waals surface area contributed by atoms with E-state index in [4.69, 9.17) is 4.74 Å². The average molecular weight is 282 g/mol. The van der Waals surface area contributed by atoms with E-state index in [9.17, 15) is 22.8 Å². The summed E-state index contributed by atoms with van der Waals surface area (Å²) in [6, 6.07) is 0. The zero-order chi connectivity index (χ0) is 14.1. The van der Waals surface area contributed by atoms with Crippen LogP contribution in [0.4, 0.5) is 13.2 Å². The van der Waals surface area contributed by atoms with Gasteiger partial charge in [-0.15, -0.1) is 0 Å². The van der Waals surface area contributed by atoms with E-state index in [0.29, 0.717) is 11.8 Å². The molecule has 0 radical (unpaired) electrons. The summed E-state index contributed by atoms with van der Waals surface area (Å²) >= 11 is 0.472. The average Bonchev–Trinajstić information content (AvgIpc) is 2.57. The molecule has 0 aromatic carbocycles. The SMILES string of the molecule is COC(=O)/C(=C1\OC(C)=C(C(C)=O)S1)C(F)(F)F. The monoisotopic (exact) mass is 282 g/mol. The third-order valence-corrected chi connectivity index (χ3v) is 3.21. The van der Waals surface area contributed by atoms with Crippen molar-refractivity contribution in [1.29, 1.82) is 0 Å². The number of Topliss-reactive ketones (excluding diaryl/α,β-unsaturated/α-hetero) is 1. The molecule has 4 nitrogen and oxygen atoms in total. The molecule has 0 bridgehead atoms. The molecule has 0 aromatic heterocycles. The molecule has 1 rings (SSSR count). The van der Waals surface area contributed by atoms with Crippen molar-refractivity contribution in [3.8, 4) is 0 Å². The highest BCUT2D eigenvalue weighted by molar-refractivity contribution is 8.07. The lowest BCUT2D eigenvalue weighted by atomic mass is 10.3. The zero-order valence-electron chi connectivity index (χ0n) is 9.68. The Labute approximate surface area is 105 Å². The fourth-order valence-electron chi connectivity index (χ4n) is 1.21. The van der Waals surface area contributed by atoms with Gasteiger partial charge in [-0.3, -0.25) is 4.79 Å². The van der Waals surface area contributed by atoms with Crippen LogP contribution in [0.25, 0.3) is 0 Å². The van der Waals surface area contributed by atoms with Crippen molar-refractivity contribution in [2.75, 3.05) is 7.11 Å². The summed E-state index contributed by atoms with van der Waals surface area (Å²) in [5, 5.41) is -0.683. The molecule has 0 spiro atoms. The third-order valence-electron chi connectivity index (χ3n) is 1.96. The molecular formula is C10H9F3O4S. The maximum atomic E-state index is 12.7. The van der Waals surface area contributed by atoms with Gasteiger partial charge in [0.1, 0.15) is 5.76 Å². The van der Waals surface area contributed by atoms with Crippen molar-refractivity contribution in [1.82, 2.24) is 0 Å². The number of ether oxygens (including phenoxy) is 2. The second-order valence-corrected chi connectivity index (χ2v) is 4.28. The van der Waals surface area contributed by atoms with E-state index in [2.05, 4.69) is 4.74 Å². The van der Waals surface area contributed by atoms with Gasteiger partial charge in [0.2, 0.25) is 0 Å². The van der Waals surface area contributed by atoms with Crippen LogP contribution >= 0.6 is 11.8 Å². The van der Waals surface area contributed by atoms with Crippen LogP contribution in [0.3, 0.4) is 0 Å². The minimum atomic E-state index is -4.91. The molecule has 0 N–H and O–H groups in total. The van der Waals surface area contributed by atoms with E-state index < -0.39 is 28.6 Å². The van der Waals surface area contributed by atoms with E-state index in [1.54, 1.807) is 0 Å². The van der Waals surface area contributed by atoms with Crippen LogP contribution in [0.2, 0.25) is 0 Å². The van der Waals surface area contributed by atoms with Gasteiger partial charge in [0, 0.05) is 0 Å². The van der Waals surface area contributed by atoms with Gasteiger partial charge < -0.3 is 9.47 Å². The van der Waals surface area contributed by atoms with Gasteiger partial charge in [0.25, 0.3) is 0 Å². The van der Waals surface area contributed by atoms with Crippen molar-refractivity contribution in [2.24, 2.45) is 0 Å². The number of methoxy groups -OCH3 is 1. The maximum absolute atomic E-state index is 12.7. The minimum Gasteiger partial charge on any atom is -0.465 e. The van der Waals surface area contributed by atoms with E-state index >= 15 is 0 Å². The summed E-state index contributed by atoms with van der Waals surface area (Å²) in [7, 11) is 0.834. The summed E-state index contributed by atoms with van der Waals surface area (Å²) in [5.74, 6) is -1.95. The molecule has 8 heteroatoms. The number of carbonyl (C=O) groups excluding carboxylic acids is 2. The lowest BCUT2D eigenvalue weighted by Gasteiger charge is -2.11. The topological polar surface area (TPSA) is 52.6 Å². The van der Waals surface area contributed by atoms with E-state index in [1.807, 2.05) is 0 Å².